The number of aryl methyl sites for hydroxylation is 1. The lowest BCUT2D eigenvalue weighted by atomic mass is 10.1. The molecule has 3 unspecified atom stereocenters. The highest BCUT2D eigenvalue weighted by molar-refractivity contribution is 6.00. The second-order valence-corrected chi connectivity index (χ2v) is 9.20. The number of carbonyl (C=O) groups is 2. The summed E-state index contributed by atoms with van der Waals surface area (Å²) < 4.78 is 0. The summed E-state index contributed by atoms with van der Waals surface area (Å²) >= 11 is 0. The van der Waals surface area contributed by atoms with E-state index in [0.717, 1.165) is 38.0 Å². The maximum Gasteiger partial charge on any atom is 0.327 e. The van der Waals surface area contributed by atoms with E-state index < -0.39 is 0 Å². The Balaban J connectivity index is 1.46. The molecular weight excluding hydrogens is 390 g/mol. The van der Waals surface area contributed by atoms with E-state index >= 15 is 0 Å². The molecule has 0 spiro atoms. The minimum atomic E-state index is -0.318. The van der Waals surface area contributed by atoms with Crippen molar-refractivity contribution in [3.05, 3.63) is 29.8 Å². The number of rotatable bonds is 8. The topological polar surface area (TPSA) is 59.1 Å². The number of fused-ring (bicyclic) bond motifs is 3. The lowest BCUT2D eigenvalue weighted by Crippen LogP contribution is -2.66. The van der Waals surface area contributed by atoms with Gasteiger partial charge in [0.1, 0.15) is 18.5 Å². The van der Waals surface area contributed by atoms with Crippen LogP contribution in [0.15, 0.2) is 24.3 Å². The third kappa shape index (κ3) is 4.30. The number of nitrogens with one attached hydrogen (secondary N) is 1. The van der Waals surface area contributed by atoms with E-state index in [1.807, 2.05) is 7.05 Å². The summed E-state index contributed by atoms with van der Waals surface area (Å²) in [6.07, 6.45) is 7.49. The summed E-state index contributed by atoms with van der Waals surface area (Å²) in [5.74, 6) is -0.0394. The average molecular weight is 428 g/mol. The standard InChI is InChI=1S/C24H37N5O2/c1-4-5-6-7-8-9-15-29-22(30)20-21(26(3)24(29)31)25-23-27(16-10-17-28(20)23)19-13-11-18(2)12-14-19/h11-14,20-21,23,25H,4-10,15-17H2,1-3H3. The normalized spacial score (nSPS) is 26.4. The molecule has 3 heterocycles. The Morgan fingerprint density at radius 3 is 2.45 bits per heavy atom. The molecule has 0 aliphatic carbocycles. The maximum absolute atomic E-state index is 13.5. The fourth-order valence-electron chi connectivity index (χ4n) is 5.18. The predicted molar refractivity (Wildman–Crippen MR) is 123 cm³/mol. The van der Waals surface area contributed by atoms with Crippen LogP contribution in [0.2, 0.25) is 0 Å². The number of carbonyl (C=O) groups excluding carboxylic acids is 2. The number of anilines is 1. The second-order valence-electron chi connectivity index (χ2n) is 9.20. The van der Waals surface area contributed by atoms with Crippen LogP contribution in [0.1, 0.15) is 57.4 Å². The second kappa shape index (κ2) is 9.57. The minimum absolute atomic E-state index is 0.0394. The number of unbranched alkanes of at least 4 members (excludes halogenated alkanes) is 5. The van der Waals surface area contributed by atoms with Gasteiger partial charge in [-0.1, -0.05) is 56.7 Å². The third-order valence-corrected chi connectivity index (χ3v) is 6.97. The summed E-state index contributed by atoms with van der Waals surface area (Å²) in [7, 11) is 1.82. The predicted octanol–water partition coefficient (Wildman–Crippen LogP) is 3.34. The van der Waals surface area contributed by atoms with E-state index in [9.17, 15) is 9.59 Å². The van der Waals surface area contributed by atoms with Gasteiger partial charge in [-0.05, 0) is 31.9 Å². The highest BCUT2D eigenvalue weighted by Crippen LogP contribution is 2.33. The molecule has 3 fully saturated rings. The molecule has 3 aliphatic heterocycles. The van der Waals surface area contributed by atoms with E-state index in [1.54, 1.807) is 4.90 Å². The van der Waals surface area contributed by atoms with E-state index in [0.29, 0.717) is 6.54 Å². The molecule has 1 N–H and O–H groups in total. The number of likely N-dealkylation sites (N-methyl/N-ethyl adjacent to an activating group) is 1. The van der Waals surface area contributed by atoms with Crippen LogP contribution in [-0.2, 0) is 4.79 Å². The van der Waals surface area contributed by atoms with Crippen LogP contribution >= 0.6 is 0 Å². The molecule has 31 heavy (non-hydrogen) atoms. The Bertz CT molecular complexity index is 783. The summed E-state index contributed by atoms with van der Waals surface area (Å²) in [4.78, 5) is 34.3. The smallest absolute Gasteiger partial charge is 0.327 e. The molecule has 3 amide bonds. The van der Waals surface area contributed by atoms with Crippen LogP contribution in [0.4, 0.5) is 10.5 Å². The van der Waals surface area contributed by atoms with Gasteiger partial charge in [-0.25, -0.2) is 4.79 Å². The Morgan fingerprint density at radius 1 is 1.00 bits per heavy atom. The lowest BCUT2D eigenvalue weighted by Gasteiger charge is -2.44. The molecule has 0 saturated carbocycles. The van der Waals surface area contributed by atoms with E-state index in [4.69, 9.17) is 0 Å². The van der Waals surface area contributed by atoms with Crippen molar-refractivity contribution in [2.45, 2.75) is 77.3 Å². The number of nitrogens with zero attached hydrogens (tertiary/aromatic N) is 4. The van der Waals surface area contributed by atoms with Crippen LogP contribution < -0.4 is 10.2 Å². The molecule has 1 aromatic rings. The van der Waals surface area contributed by atoms with Gasteiger partial charge in [0.25, 0.3) is 5.91 Å². The van der Waals surface area contributed by atoms with Crippen LogP contribution in [0.25, 0.3) is 0 Å². The molecule has 3 aliphatic rings. The number of hydrogen-bond acceptors (Lipinski definition) is 5. The molecule has 3 atom stereocenters. The van der Waals surface area contributed by atoms with Gasteiger partial charge in [0.05, 0.1) is 0 Å². The largest absolute Gasteiger partial charge is 0.343 e. The Kier molecular flexibility index (Phi) is 6.82. The molecule has 0 aromatic heterocycles. The third-order valence-electron chi connectivity index (χ3n) is 6.97. The Morgan fingerprint density at radius 2 is 1.71 bits per heavy atom. The van der Waals surface area contributed by atoms with Crippen LogP contribution in [0.5, 0.6) is 0 Å². The molecular formula is C24H37N5O2. The number of benzene rings is 1. The van der Waals surface area contributed by atoms with Crippen LogP contribution in [-0.4, -0.2) is 71.8 Å². The summed E-state index contributed by atoms with van der Waals surface area (Å²) in [6.45, 7) is 6.62. The molecule has 4 rings (SSSR count). The quantitative estimate of drug-likeness (QED) is 0.645. The first-order valence-corrected chi connectivity index (χ1v) is 12.0. The summed E-state index contributed by atoms with van der Waals surface area (Å²) in [6, 6.07) is 8.04. The van der Waals surface area contributed by atoms with Crippen LogP contribution in [0.3, 0.4) is 0 Å². The SMILES string of the molecule is CCCCCCCCN1C(=O)C2C(NC3N(c4ccc(C)cc4)CCCN23)N(C)C1=O. The Hall–Kier alpha value is -2.12. The van der Waals surface area contributed by atoms with Crippen molar-refractivity contribution in [1.29, 1.82) is 0 Å². The van der Waals surface area contributed by atoms with Crippen molar-refractivity contribution in [3.8, 4) is 0 Å². The first-order chi connectivity index (χ1) is 15.0. The van der Waals surface area contributed by atoms with Gasteiger partial charge in [0, 0.05) is 32.4 Å². The highest BCUT2D eigenvalue weighted by atomic mass is 16.2. The number of imide groups is 1. The van der Waals surface area contributed by atoms with Crippen molar-refractivity contribution >= 4 is 17.6 Å². The molecule has 0 radical (unpaired) electrons. The van der Waals surface area contributed by atoms with Gasteiger partial charge in [-0.3, -0.25) is 19.9 Å². The van der Waals surface area contributed by atoms with E-state index in [2.05, 4.69) is 53.2 Å². The minimum Gasteiger partial charge on any atom is -0.343 e. The highest BCUT2D eigenvalue weighted by Gasteiger charge is 2.55. The van der Waals surface area contributed by atoms with Crippen molar-refractivity contribution < 1.29 is 9.59 Å². The molecule has 7 heteroatoms. The van der Waals surface area contributed by atoms with E-state index in [1.165, 1.54) is 36.1 Å². The fourth-order valence-corrected chi connectivity index (χ4v) is 5.18. The lowest BCUT2D eigenvalue weighted by molar-refractivity contribution is -0.138. The van der Waals surface area contributed by atoms with Gasteiger partial charge in [0.15, 0.2) is 0 Å². The summed E-state index contributed by atoms with van der Waals surface area (Å²) in [5, 5.41) is 3.59. The number of urea groups is 1. The number of amides is 3. The van der Waals surface area contributed by atoms with Crippen molar-refractivity contribution in [2.24, 2.45) is 0 Å². The zero-order chi connectivity index (χ0) is 22.0. The maximum atomic E-state index is 13.5. The molecule has 3 saturated heterocycles. The first kappa shape index (κ1) is 22.1. The van der Waals surface area contributed by atoms with Crippen LogP contribution in [0, 0.1) is 6.92 Å². The van der Waals surface area contributed by atoms with Crippen molar-refractivity contribution in [1.82, 2.24) is 20.0 Å². The van der Waals surface area contributed by atoms with Gasteiger partial charge in [-0.15, -0.1) is 0 Å². The first-order valence-electron chi connectivity index (χ1n) is 12.0. The van der Waals surface area contributed by atoms with Gasteiger partial charge < -0.3 is 9.80 Å². The molecule has 0 bridgehead atoms. The fraction of sp³-hybridized carbons (Fsp3) is 0.667. The summed E-state index contributed by atoms with van der Waals surface area (Å²) in [5.41, 5.74) is 2.38. The van der Waals surface area contributed by atoms with Crippen molar-refractivity contribution in [2.75, 3.05) is 31.6 Å². The Labute approximate surface area is 186 Å². The molecule has 7 nitrogen and oxygen atoms in total. The van der Waals surface area contributed by atoms with Gasteiger partial charge in [0.2, 0.25) is 0 Å². The zero-order valence-corrected chi connectivity index (χ0v) is 19.2. The molecule has 170 valence electrons. The monoisotopic (exact) mass is 427 g/mol. The van der Waals surface area contributed by atoms with Crippen molar-refractivity contribution in [3.63, 3.8) is 0 Å². The zero-order valence-electron chi connectivity index (χ0n) is 19.2. The average Bonchev–Trinajstić information content (AvgIpc) is 3.17. The van der Waals surface area contributed by atoms with Gasteiger partial charge >= 0.3 is 6.03 Å². The number of hydrogen-bond donors (Lipinski definition) is 1. The van der Waals surface area contributed by atoms with Gasteiger partial charge in [-0.2, -0.15) is 0 Å². The molecule has 1 aromatic carbocycles. The van der Waals surface area contributed by atoms with E-state index in [-0.39, 0.29) is 30.4 Å².